The van der Waals surface area contributed by atoms with Crippen molar-refractivity contribution in [2.75, 3.05) is 0 Å². The third-order valence-electron chi connectivity index (χ3n) is 7.56. The van der Waals surface area contributed by atoms with E-state index in [0.717, 1.165) is 56.2 Å². The summed E-state index contributed by atoms with van der Waals surface area (Å²) in [5, 5.41) is 6.14. The van der Waals surface area contributed by atoms with Crippen molar-refractivity contribution >= 4 is 17.7 Å². The van der Waals surface area contributed by atoms with Gasteiger partial charge in [-0.05, 0) is 62.1 Å². The first-order valence-corrected chi connectivity index (χ1v) is 10.7. The zero-order chi connectivity index (χ0) is 20.2. The fourth-order valence-corrected chi connectivity index (χ4v) is 5.51. The topological polar surface area (TPSA) is 105 Å². The lowest BCUT2D eigenvalue weighted by Crippen LogP contribution is -2.60. The molecule has 1 unspecified atom stereocenters. The van der Waals surface area contributed by atoms with E-state index >= 15 is 0 Å². The van der Waals surface area contributed by atoms with Crippen LogP contribution in [-0.4, -0.2) is 39.7 Å². The second kappa shape index (κ2) is 6.64. The van der Waals surface area contributed by atoms with Gasteiger partial charge in [0.1, 0.15) is 6.04 Å². The van der Waals surface area contributed by atoms with Crippen molar-refractivity contribution in [2.24, 2.45) is 5.73 Å². The average molecular weight is 396 g/mol. The number of hydrogen-bond donors (Lipinski definition) is 3. The Morgan fingerprint density at radius 3 is 2.52 bits per heavy atom. The summed E-state index contributed by atoms with van der Waals surface area (Å²) in [5.41, 5.74) is 9.47. The lowest BCUT2D eigenvalue weighted by molar-refractivity contribution is -0.136. The zero-order valence-corrected chi connectivity index (χ0v) is 16.6. The van der Waals surface area contributed by atoms with Gasteiger partial charge in [0.05, 0.1) is 0 Å². The molecule has 0 aromatic heterocycles. The number of benzene rings is 1. The first-order chi connectivity index (χ1) is 13.9. The molecule has 7 heteroatoms. The van der Waals surface area contributed by atoms with Gasteiger partial charge in [0, 0.05) is 36.2 Å². The van der Waals surface area contributed by atoms with E-state index in [4.69, 9.17) is 5.73 Å². The minimum absolute atomic E-state index is 0.0663. The molecule has 6 rings (SSSR count). The molecule has 4 N–H and O–H groups in total. The summed E-state index contributed by atoms with van der Waals surface area (Å²) in [5.74, 6) is -0.749. The highest BCUT2D eigenvalue weighted by Crippen LogP contribution is 2.45. The maximum atomic E-state index is 12.8. The molecule has 0 radical (unpaired) electrons. The number of fused-ring (bicyclic) bond motifs is 4. The number of carbonyl (C=O) groups is 3. The summed E-state index contributed by atoms with van der Waals surface area (Å²) in [7, 11) is 0. The van der Waals surface area contributed by atoms with Gasteiger partial charge in [0.2, 0.25) is 11.8 Å². The normalized spacial score (nSPS) is 33.8. The van der Waals surface area contributed by atoms with Crippen LogP contribution in [0.3, 0.4) is 0 Å². The van der Waals surface area contributed by atoms with E-state index in [-0.39, 0.29) is 35.2 Å². The molecule has 1 aromatic rings. The molecule has 3 aliphatic carbocycles. The van der Waals surface area contributed by atoms with Crippen LogP contribution in [0, 0.1) is 0 Å². The summed E-state index contributed by atoms with van der Waals surface area (Å²) in [4.78, 5) is 38.0. The van der Waals surface area contributed by atoms with E-state index < -0.39 is 6.04 Å². The molecule has 5 aliphatic rings. The van der Waals surface area contributed by atoms with E-state index in [2.05, 4.69) is 16.7 Å². The molecule has 4 fully saturated rings. The Morgan fingerprint density at radius 1 is 1.10 bits per heavy atom. The monoisotopic (exact) mass is 396 g/mol. The summed E-state index contributed by atoms with van der Waals surface area (Å²) < 4.78 is 0. The molecular weight excluding hydrogens is 368 g/mol. The van der Waals surface area contributed by atoms with Crippen LogP contribution < -0.4 is 16.4 Å². The van der Waals surface area contributed by atoms with Crippen molar-refractivity contribution in [1.29, 1.82) is 0 Å². The standard InChI is InChI=1S/C22H28N4O3/c23-21-5-8-22(9-6-21,10-7-21)24-12-14-1-2-16-15(11-14)13-26(20(16)29)17-3-4-18(27)25-19(17)28/h1-2,11,17,24H,3-10,12-13,23H2,(H,25,27,28). The third kappa shape index (κ3) is 3.26. The number of carbonyl (C=O) groups excluding carboxylic acids is 3. The summed E-state index contributed by atoms with van der Waals surface area (Å²) >= 11 is 0. The lowest BCUT2D eigenvalue weighted by Gasteiger charge is -2.52. The van der Waals surface area contributed by atoms with Crippen molar-refractivity contribution < 1.29 is 14.4 Å². The molecule has 3 amide bonds. The van der Waals surface area contributed by atoms with E-state index in [0.29, 0.717) is 18.5 Å². The lowest BCUT2D eigenvalue weighted by atomic mass is 9.62. The Labute approximate surface area is 170 Å². The van der Waals surface area contributed by atoms with E-state index in [9.17, 15) is 14.4 Å². The second-order valence-corrected chi connectivity index (χ2v) is 9.39. The number of nitrogens with two attached hydrogens (primary N) is 1. The van der Waals surface area contributed by atoms with Crippen LogP contribution in [0.4, 0.5) is 0 Å². The van der Waals surface area contributed by atoms with Crippen molar-refractivity contribution in [1.82, 2.24) is 15.5 Å². The predicted octanol–water partition coefficient (Wildman–Crippen LogP) is 1.34. The van der Waals surface area contributed by atoms with E-state index in [1.54, 1.807) is 4.90 Å². The highest BCUT2D eigenvalue weighted by Gasteiger charge is 2.46. The van der Waals surface area contributed by atoms with Crippen LogP contribution in [0.1, 0.15) is 72.9 Å². The zero-order valence-electron chi connectivity index (χ0n) is 16.6. The van der Waals surface area contributed by atoms with Crippen LogP contribution in [0.2, 0.25) is 0 Å². The van der Waals surface area contributed by atoms with Crippen molar-refractivity contribution in [3.05, 3.63) is 34.9 Å². The maximum absolute atomic E-state index is 12.8. The minimum atomic E-state index is -0.561. The van der Waals surface area contributed by atoms with Crippen LogP contribution >= 0.6 is 0 Å². The number of rotatable bonds is 4. The molecule has 2 bridgehead atoms. The van der Waals surface area contributed by atoms with Crippen molar-refractivity contribution in [2.45, 2.75) is 81.6 Å². The third-order valence-corrected chi connectivity index (χ3v) is 7.56. The average Bonchev–Trinajstić information content (AvgIpc) is 3.03. The fourth-order valence-electron chi connectivity index (χ4n) is 5.51. The molecule has 154 valence electrons. The number of nitrogens with zero attached hydrogens (tertiary/aromatic N) is 1. The number of piperidine rings is 1. The maximum Gasteiger partial charge on any atom is 0.255 e. The molecule has 2 heterocycles. The smallest absolute Gasteiger partial charge is 0.255 e. The minimum Gasteiger partial charge on any atom is -0.325 e. The first-order valence-electron chi connectivity index (χ1n) is 10.7. The molecular formula is C22H28N4O3. The Balaban J connectivity index is 1.27. The van der Waals surface area contributed by atoms with Gasteiger partial charge >= 0.3 is 0 Å². The molecule has 7 nitrogen and oxygen atoms in total. The van der Waals surface area contributed by atoms with Gasteiger partial charge in [-0.1, -0.05) is 12.1 Å². The number of imide groups is 1. The highest BCUT2D eigenvalue weighted by molar-refractivity contribution is 6.05. The molecule has 1 aromatic carbocycles. The molecule has 1 atom stereocenters. The quantitative estimate of drug-likeness (QED) is 0.666. The molecule has 3 saturated carbocycles. The largest absolute Gasteiger partial charge is 0.325 e. The Kier molecular flexibility index (Phi) is 4.29. The van der Waals surface area contributed by atoms with Gasteiger partial charge < -0.3 is 16.0 Å². The SMILES string of the molecule is NC12CCC(NCc3ccc4c(c3)CN(C3CCC(=O)NC3=O)C4=O)(CC1)CC2. The molecule has 1 saturated heterocycles. The van der Waals surface area contributed by atoms with Crippen LogP contribution in [0.25, 0.3) is 0 Å². The molecule has 29 heavy (non-hydrogen) atoms. The van der Waals surface area contributed by atoms with E-state index in [1.807, 2.05) is 12.1 Å². The van der Waals surface area contributed by atoms with Crippen molar-refractivity contribution in [3.8, 4) is 0 Å². The summed E-state index contributed by atoms with van der Waals surface area (Å²) in [6, 6.07) is 5.41. The Hall–Kier alpha value is -2.25. The fraction of sp³-hybridized carbons (Fsp3) is 0.591. The number of hydrogen-bond acceptors (Lipinski definition) is 5. The van der Waals surface area contributed by atoms with Gasteiger partial charge in [-0.15, -0.1) is 0 Å². The van der Waals surface area contributed by atoms with Gasteiger partial charge in [0.15, 0.2) is 0 Å². The summed E-state index contributed by atoms with van der Waals surface area (Å²) in [6.45, 7) is 1.20. The molecule has 2 aliphatic heterocycles. The van der Waals surface area contributed by atoms with Gasteiger partial charge in [0.25, 0.3) is 5.91 Å². The van der Waals surface area contributed by atoms with Gasteiger partial charge in [-0.2, -0.15) is 0 Å². The predicted molar refractivity (Wildman–Crippen MR) is 107 cm³/mol. The Morgan fingerprint density at radius 2 is 1.83 bits per heavy atom. The number of amides is 3. The Bertz CT molecular complexity index is 872. The van der Waals surface area contributed by atoms with Crippen LogP contribution in [0.5, 0.6) is 0 Å². The van der Waals surface area contributed by atoms with Crippen molar-refractivity contribution in [3.63, 3.8) is 0 Å². The summed E-state index contributed by atoms with van der Waals surface area (Å²) in [6.07, 6.45) is 7.36. The van der Waals surface area contributed by atoms with Gasteiger partial charge in [-0.25, -0.2) is 0 Å². The molecule has 0 spiro atoms. The second-order valence-electron chi connectivity index (χ2n) is 9.39. The first kappa shape index (κ1) is 18.8. The van der Waals surface area contributed by atoms with Gasteiger partial charge in [-0.3, -0.25) is 19.7 Å². The van der Waals surface area contributed by atoms with E-state index in [1.165, 1.54) is 0 Å². The van der Waals surface area contributed by atoms with Crippen LogP contribution in [-0.2, 0) is 22.7 Å². The number of nitrogens with one attached hydrogen (secondary N) is 2. The highest BCUT2D eigenvalue weighted by atomic mass is 16.2. The van der Waals surface area contributed by atoms with Crippen LogP contribution in [0.15, 0.2) is 18.2 Å².